The molecule has 5 aromatic rings. The monoisotopic (exact) mass is 614 g/mol. The van der Waals surface area contributed by atoms with Crippen LogP contribution in [-0.4, -0.2) is 70.7 Å². The van der Waals surface area contributed by atoms with E-state index in [1.807, 2.05) is 11.4 Å². The van der Waals surface area contributed by atoms with Crippen LogP contribution in [0.25, 0.3) is 27.4 Å². The van der Waals surface area contributed by atoms with Crippen LogP contribution in [0.4, 0.5) is 4.79 Å². The van der Waals surface area contributed by atoms with Crippen molar-refractivity contribution in [1.82, 2.24) is 30.2 Å². The van der Waals surface area contributed by atoms with Crippen molar-refractivity contribution >= 4 is 50.6 Å². The van der Waals surface area contributed by atoms with E-state index in [9.17, 15) is 9.59 Å². The van der Waals surface area contributed by atoms with Crippen LogP contribution in [0.1, 0.15) is 23.5 Å². The number of hydrogen-bond acceptors (Lipinski definition) is 12. The van der Waals surface area contributed by atoms with Gasteiger partial charge in [0, 0.05) is 43.6 Å². The fraction of sp³-hybridized carbons (Fsp3) is 0.346. The number of carboxylic acid groups (broad SMARTS) is 1. The summed E-state index contributed by atoms with van der Waals surface area (Å²) in [5.74, 6) is 1.21. The molecule has 1 aliphatic rings. The lowest BCUT2D eigenvalue weighted by Gasteiger charge is -2.36. The predicted molar refractivity (Wildman–Crippen MR) is 152 cm³/mol. The number of carbonyl (C=O) groups is 2. The lowest BCUT2D eigenvalue weighted by Crippen LogP contribution is -2.52. The molecule has 14 nitrogen and oxygen atoms in total. The molecule has 0 radical (unpaired) electrons. The minimum atomic E-state index is -1.27. The Morgan fingerprint density at radius 3 is 2.79 bits per heavy atom. The Labute approximate surface area is 246 Å². The zero-order valence-corrected chi connectivity index (χ0v) is 24.2. The first-order valence-corrected chi connectivity index (χ1v) is 14.5. The van der Waals surface area contributed by atoms with Crippen molar-refractivity contribution in [2.45, 2.75) is 25.0 Å². The van der Waals surface area contributed by atoms with Gasteiger partial charge in [-0.15, -0.1) is 16.4 Å². The van der Waals surface area contributed by atoms with Gasteiger partial charge in [-0.1, -0.05) is 0 Å². The second-order valence-corrected chi connectivity index (χ2v) is 11.2. The topological polar surface area (TPSA) is 172 Å². The molecular formula is C26H26N6O8S2. The van der Waals surface area contributed by atoms with Crippen LogP contribution in [0.2, 0.25) is 0 Å². The van der Waals surface area contributed by atoms with Crippen molar-refractivity contribution in [3.63, 3.8) is 0 Å². The molecular weight excluding hydrogens is 588 g/mol. The maximum Gasteiger partial charge on any atom is 0.405 e. The number of nitrogens with one attached hydrogen (secondary N) is 2. The fourth-order valence-electron chi connectivity index (χ4n) is 4.70. The Bertz CT molecular complexity index is 1750. The Hall–Kier alpha value is -4.41. The molecule has 0 spiro atoms. The van der Waals surface area contributed by atoms with Gasteiger partial charge in [0.1, 0.15) is 40.9 Å². The average Bonchev–Trinajstić information content (AvgIpc) is 3.78. The van der Waals surface area contributed by atoms with Crippen molar-refractivity contribution in [1.29, 1.82) is 0 Å². The first kappa shape index (κ1) is 27.7. The van der Waals surface area contributed by atoms with Crippen LogP contribution in [0.5, 0.6) is 16.7 Å². The first-order chi connectivity index (χ1) is 20.4. The third kappa shape index (κ3) is 5.43. The van der Waals surface area contributed by atoms with Crippen LogP contribution >= 0.6 is 22.7 Å². The van der Waals surface area contributed by atoms with Gasteiger partial charge in [0.2, 0.25) is 10.9 Å². The third-order valence-electron chi connectivity index (χ3n) is 6.76. The van der Waals surface area contributed by atoms with E-state index in [1.54, 1.807) is 37.1 Å². The average molecular weight is 615 g/mol. The van der Waals surface area contributed by atoms with Crippen LogP contribution in [0.3, 0.4) is 0 Å². The number of hydrogen-bond donors (Lipinski definition) is 3. The number of ether oxygens (including phenoxy) is 4. The van der Waals surface area contributed by atoms with Crippen molar-refractivity contribution in [2.24, 2.45) is 0 Å². The number of fused-ring (bicyclic) bond motifs is 2. The van der Waals surface area contributed by atoms with Crippen LogP contribution < -0.4 is 24.8 Å². The van der Waals surface area contributed by atoms with Gasteiger partial charge in [0.15, 0.2) is 5.76 Å². The van der Waals surface area contributed by atoms with E-state index < -0.39 is 17.5 Å². The van der Waals surface area contributed by atoms with Gasteiger partial charge in [-0.25, -0.2) is 14.8 Å². The Morgan fingerprint density at radius 2 is 2.02 bits per heavy atom. The van der Waals surface area contributed by atoms with Crippen molar-refractivity contribution in [3.8, 4) is 28.1 Å². The summed E-state index contributed by atoms with van der Waals surface area (Å²) in [6.07, 6.45) is 1.45. The molecule has 6 rings (SSSR count). The summed E-state index contributed by atoms with van der Waals surface area (Å²) >= 11 is 2.73. The first-order valence-electron chi connectivity index (χ1n) is 12.8. The van der Waals surface area contributed by atoms with Gasteiger partial charge in [0.25, 0.3) is 5.19 Å². The molecule has 16 heteroatoms. The van der Waals surface area contributed by atoms with Crippen LogP contribution in [0.15, 0.2) is 34.2 Å². The number of imidazole rings is 1. The second-order valence-electron chi connectivity index (χ2n) is 9.39. The van der Waals surface area contributed by atoms with E-state index in [1.165, 1.54) is 22.7 Å². The molecule has 0 bridgehead atoms. The van der Waals surface area contributed by atoms with Crippen molar-refractivity contribution < 1.29 is 38.1 Å². The van der Waals surface area contributed by atoms with E-state index in [-0.39, 0.29) is 13.2 Å². The lowest BCUT2D eigenvalue weighted by atomic mass is 9.90. The summed E-state index contributed by atoms with van der Waals surface area (Å²) in [6, 6.07) is 5.43. The smallest absolute Gasteiger partial charge is 0.405 e. The zero-order valence-electron chi connectivity index (χ0n) is 22.5. The highest BCUT2D eigenvalue weighted by Gasteiger charge is 2.38. The van der Waals surface area contributed by atoms with Crippen molar-refractivity contribution in [3.05, 3.63) is 40.5 Å². The summed E-state index contributed by atoms with van der Waals surface area (Å²) in [7, 11) is 3.12. The van der Waals surface area contributed by atoms with E-state index in [0.717, 1.165) is 5.39 Å². The summed E-state index contributed by atoms with van der Waals surface area (Å²) in [6.45, 7) is 0.693. The zero-order chi connectivity index (χ0) is 29.3. The molecule has 1 fully saturated rings. The summed E-state index contributed by atoms with van der Waals surface area (Å²) in [4.78, 5) is 33.2. The number of methoxy groups -OCH3 is 2. The number of benzene rings is 1. The second kappa shape index (κ2) is 11.5. The minimum Gasteiger partial charge on any atom is -0.496 e. The molecule has 0 atom stereocenters. The van der Waals surface area contributed by atoms with E-state index in [4.69, 9.17) is 33.5 Å². The van der Waals surface area contributed by atoms with Crippen molar-refractivity contribution in [2.75, 3.05) is 34.0 Å². The Balaban J connectivity index is 1.24. The molecule has 4 aromatic heterocycles. The molecule has 42 heavy (non-hydrogen) atoms. The Morgan fingerprint density at radius 1 is 1.19 bits per heavy atom. The van der Waals surface area contributed by atoms with E-state index in [0.29, 0.717) is 75.4 Å². The third-order valence-corrected chi connectivity index (χ3v) is 8.74. The highest BCUT2D eigenvalue weighted by atomic mass is 32.1. The van der Waals surface area contributed by atoms with Gasteiger partial charge in [-0.3, -0.25) is 4.79 Å². The number of nitrogens with zero attached hydrogens (tertiary/aromatic N) is 4. The number of furan rings is 1. The SMILES string of the molecule is COc1cc(OCc2csc(C3(NC(=O)CNC(=O)O)CCOCC3)n2)c2cc(-c3cnc4sc(OC)nn34)oc2c1. The summed E-state index contributed by atoms with van der Waals surface area (Å²) in [5, 5.41) is 22.1. The number of thiazole rings is 1. The van der Waals surface area contributed by atoms with Gasteiger partial charge in [0.05, 0.1) is 37.0 Å². The van der Waals surface area contributed by atoms with Gasteiger partial charge in [-0.2, -0.15) is 4.52 Å². The van der Waals surface area contributed by atoms with Crippen LogP contribution in [-0.2, 0) is 21.7 Å². The number of amides is 2. The molecule has 0 aliphatic carbocycles. The lowest BCUT2D eigenvalue weighted by molar-refractivity contribution is -0.123. The summed E-state index contributed by atoms with van der Waals surface area (Å²) in [5.41, 5.74) is 1.15. The molecule has 2 amide bonds. The van der Waals surface area contributed by atoms with E-state index in [2.05, 4.69) is 20.7 Å². The molecule has 5 heterocycles. The molecule has 1 aromatic carbocycles. The fourth-order valence-corrected chi connectivity index (χ4v) is 6.41. The molecule has 220 valence electrons. The van der Waals surface area contributed by atoms with E-state index >= 15 is 0 Å². The molecule has 0 saturated carbocycles. The standard InChI is InChI=1S/C26H26N6O8S2/c1-36-15-7-18(16-9-20(40-19(16)8-15)17-10-27-23-32(17)31-25(37-2)42-23)39-12-14-13-41-22(29-14)26(3-5-38-6-4-26)30-21(33)11-28-24(34)35/h7-10,13,28H,3-6,11-12H2,1-2H3,(H,30,33)(H,34,35). The van der Waals surface area contributed by atoms with Crippen LogP contribution in [0, 0.1) is 0 Å². The highest BCUT2D eigenvalue weighted by Crippen LogP contribution is 2.39. The maximum absolute atomic E-state index is 12.5. The maximum atomic E-state index is 12.5. The van der Waals surface area contributed by atoms with Gasteiger partial charge >= 0.3 is 6.09 Å². The molecule has 1 saturated heterocycles. The largest absolute Gasteiger partial charge is 0.496 e. The van der Waals surface area contributed by atoms with Gasteiger partial charge < -0.3 is 39.1 Å². The normalized spacial score (nSPS) is 14.6. The quantitative estimate of drug-likeness (QED) is 0.210. The molecule has 3 N–H and O–H groups in total. The molecule has 0 unspecified atom stereocenters. The highest BCUT2D eigenvalue weighted by molar-refractivity contribution is 7.18. The number of rotatable bonds is 10. The molecule has 1 aliphatic heterocycles. The predicted octanol–water partition coefficient (Wildman–Crippen LogP) is 3.65. The Kier molecular flexibility index (Phi) is 7.57. The van der Waals surface area contributed by atoms with Gasteiger partial charge in [-0.05, 0) is 17.4 Å². The minimum absolute atomic E-state index is 0.153. The summed E-state index contributed by atoms with van der Waals surface area (Å²) < 4.78 is 30.3. The number of aromatic nitrogens is 4. The number of carbonyl (C=O) groups excluding carboxylic acids is 1.